The van der Waals surface area contributed by atoms with E-state index in [0.29, 0.717) is 22.9 Å². The van der Waals surface area contributed by atoms with Crippen molar-refractivity contribution in [3.8, 4) is 5.69 Å². The van der Waals surface area contributed by atoms with Gasteiger partial charge in [-0.2, -0.15) is 5.01 Å². The maximum absolute atomic E-state index is 13.2. The first kappa shape index (κ1) is 24.6. The molecule has 3 heterocycles. The van der Waals surface area contributed by atoms with Gasteiger partial charge in [0.05, 0.1) is 17.1 Å². The van der Waals surface area contributed by atoms with Gasteiger partial charge in [-0.25, -0.2) is 19.7 Å². The molecule has 1 amide bonds. The third-order valence-corrected chi connectivity index (χ3v) is 5.50. The fourth-order valence-corrected chi connectivity index (χ4v) is 3.74. The normalized spacial score (nSPS) is 11.2. The maximum atomic E-state index is 13.2. The van der Waals surface area contributed by atoms with Crippen molar-refractivity contribution in [3.63, 3.8) is 0 Å². The molecule has 10 nitrogen and oxygen atoms in total. The van der Waals surface area contributed by atoms with Crippen LogP contribution in [0.1, 0.15) is 20.8 Å². The van der Waals surface area contributed by atoms with Crippen molar-refractivity contribution in [2.45, 2.75) is 26.4 Å². The quantitative estimate of drug-likeness (QED) is 0.242. The number of carbonyl (C=O) groups is 1. The number of carbonyl (C=O) groups excluding carboxylic acids is 1. The van der Waals surface area contributed by atoms with E-state index >= 15 is 0 Å². The van der Waals surface area contributed by atoms with Gasteiger partial charge < -0.3 is 15.8 Å². The molecule has 2 aromatic carbocycles. The smallest absolute Gasteiger partial charge is 0.433 e. The minimum Gasteiger partial charge on any atom is -0.442 e. The van der Waals surface area contributed by atoms with Crippen LogP contribution in [0.2, 0.25) is 0 Å². The van der Waals surface area contributed by atoms with E-state index in [0.717, 1.165) is 22.5 Å². The molecule has 10 heteroatoms. The molecule has 0 saturated heterocycles. The number of nitrogens with two attached hydrogens (primary N) is 1. The Kier molecular flexibility index (Phi) is 6.53. The number of nitrogens with one attached hydrogen (secondary N) is 2. The minimum atomic E-state index is -0.672. The highest BCUT2D eigenvalue weighted by Crippen LogP contribution is 2.26. The molecule has 0 atom stereocenters. The predicted octanol–water partition coefficient (Wildman–Crippen LogP) is 5.91. The largest absolute Gasteiger partial charge is 0.442 e. The second kappa shape index (κ2) is 10.1. The SMILES string of the molecule is CC(C)(C)OC(=O)N(Nc1ccc(-n2cnc3cccnc32)cc1)c1ccc(Nc2ncccc2N)cc1. The number of nitrogen functional groups attached to an aromatic ring is 1. The first-order valence-corrected chi connectivity index (χ1v) is 12.0. The number of hydrogen-bond donors (Lipinski definition) is 3. The van der Waals surface area contributed by atoms with Crippen molar-refractivity contribution in [1.82, 2.24) is 19.5 Å². The van der Waals surface area contributed by atoms with E-state index in [1.165, 1.54) is 5.01 Å². The molecule has 0 radical (unpaired) electrons. The molecule has 0 aliphatic rings. The molecule has 0 fully saturated rings. The standard InChI is InChI=1S/C28H28N8O2/c1-28(2,3)38-27(37)36(22-14-8-19(9-15-22)33-25-23(29)6-4-16-30-25)34-20-10-12-21(13-11-20)35-18-32-24-7-5-17-31-26(24)35/h4-18,34H,29H2,1-3H3,(H,30,33). The molecule has 0 spiro atoms. The summed E-state index contributed by atoms with van der Waals surface area (Å²) in [4.78, 5) is 26.2. The Morgan fingerprint density at radius 2 is 1.58 bits per heavy atom. The summed E-state index contributed by atoms with van der Waals surface area (Å²) in [6, 6.07) is 22.2. The molecule has 3 aromatic heterocycles. The number of ether oxygens (including phenoxy) is 1. The van der Waals surface area contributed by atoms with Gasteiger partial charge in [0.25, 0.3) is 0 Å². The number of amides is 1. The predicted molar refractivity (Wildman–Crippen MR) is 150 cm³/mol. The Bertz CT molecular complexity index is 1560. The molecule has 0 saturated carbocycles. The van der Waals surface area contributed by atoms with Crippen LogP contribution in [-0.2, 0) is 4.74 Å². The fourth-order valence-electron chi connectivity index (χ4n) is 3.74. The van der Waals surface area contributed by atoms with E-state index in [1.54, 1.807) is 43.0 Å². The van der Waals surface area contributed by atoms with Crippen molar-refractivity contribution >= 4 is 45.8 Å². The summed E-state index contributed by atoms with van der Waals surface area (Å²) < 4.78 is 7.57. The number of rotatable bonds is 6. The lowest BCUT2D eigenvalue weighted by Gasteiger charge is -2.28. The van der Waals surface area contributed by atoms with E-state index in [2.05, 4.69) is 25.7 Å². The lowest BCUT2D eigenvalue weighted by molar-refractivity contribution is 0.0589. The molecule has 5 rings (SSSR count). The Labute approximate surface area is 220 Å². The summed E-state index contributed by atoms with van der Waals surface area (Å²) >= 11 is 0. The number of pyridine rings is 2. The van der Waals surface area contributed by atoms with Crippen LogP contribution in [0.15, 0.2) is 91.5 Å². The van der Waals surface area contributed by atoms with Crippen LogP contribution in [0, 0.1) is 0 Å². The summed E-state index contributed by atoms with van der Waals surface area (Å²) in [6.45, 7) is 5.48. The van der Waals surface area contributed by atoms with Crippen LogP contribution in [0.3, 0.4) is 0 Å². The molecular formula is C28H28N8O2. The van der Waals surface area contributed by atoms with Gasteiger partial charge in [0, 0.05) is 23.8 Å². The first-order chi connectivity index (χ1) is 18.3. The van der Waals surface area contributed by atoms with Gasteiger partial charge in [-0.1, -0.05) is 0 Å². The number of benzene rings is 2. The number of hydrazine groups is 1. The number of imidazole rings is 1. The number of aromatic nitrogens is 4. The molecule has 0 unspecified atom stereocenters. The zero-order valence-corrected chi connectivity index (χ0v) is 21.3. The molecule has 4 N–H and O–H groups in total. The van der Waals surface area contributed by atoms with Crippen LogP contribution in [0.25, 0.3) is 16.9 Å². The molecule has 0 bridgehead atoms. The molecule has 5 aromatic rings. The van der Waals surface area contributed by atoms with Crippen LogP contribution in [-0.4, -0.2) is 31.2 Å². The van der Waals surface area contributed by atoms with Gasteiger partial charge in [0.15, 0.2) is 11.5 Å². The Hall–Kier alpha value is -5.12. The Balaban J connectivity index is 1.38. The first-order valence-electron chi connectivity index (χ1n) is 12.0. The van der Waals surface area contributed by atoms with Gasteiger partial charge in [0.2, 0.25) is 0 Å². The fraction of sp³-hybridized carbons (Fsp3) is 0.143. The van der Waals surface area contributed by atoms with E-state index in [1.807, 2.05) is 73.9 Å². The number of fused-ring (bicyclic) bond motifs is 1. The molecule has 0 aliphatic heterocycles. The second-order valence-corrected chi connectivity index (χ2v) is 9.55. The maximum Gasteiger partial charge on any atom is 0.433 e. The summed E-state index contributed by atoms with van der Waals surface area (Å²) in [5, 5.41) is 4.55. The molecule has 0 aliphatic carbocycles. The highest BCUT2D eigenvalue weighted by molar-refractivity contribution is 5.90. The highest BCUT2D eigenvalue weighted by Gasteiger charge is 2.24. The van der Waals surface area contributed by atoms with Crippen molar-refractivity contribution in [1.29, 1.82) is 0 Å². The van der Waals surface area contributed by atoms with Crippen molar-refractivity contribution < 1.29 is 9.53 Å². The van der Waals surface area contributed by atoms with Crippen LogP contribution >= 0.6 is 0 Å². The summed E-state index contributed by atoms with van der Waals surface area (Å²) in [7, 11) is 0. The highest BCUT2D eigenvalue weighted by atomic mass is 16.6. The van der Waals surface area contributed by atoms with Crippen molar-refractivity contribution in [2.75, 3.05) is 21.5 Å². The van der Waals surface area contributed by atoms with Crippen LogP contribution < -0.4 is 21.5 Å². The number of anilines is 5. The van der Waals surface area contributed by atoms with Gasteiger partial charge in [-0.15, -0.1) is 0 Å². The Morgan fingerprint density at radius 1 is 0.895 bits per heavy atom. The number of nitrogens with zero attached hydrogens (tertiary/aromatic N) is 5. The van der Waals surface area contributed by atoms with Crippen molar-refractivity contribution in [3.05, 3.63) is 91.5 Å². The monoisotopic (exact) mass is 508 g/mol. The molecule has 38 heavy (non-hydrogen) atoms. The van der Waals surface area contributed by atoms with Gasteiger partial charge >= 0.3 is 6.09 Å². The minimum absolute atomic E-state index is 0.538. The van der Waals surface area contributed by atoms with E-state index in [-0.39, 0.29) is 0 Å². The second-order valence-electron chi connectivity index (χ2n) is 9.55. The van der Waals surface area contributed by atoms with Crippen molar-refractivity contribution in [2.24, 2.45) is 0 Å². The molecule has 192 valence electrons. The van der Waals surface area contributed by atoms with Crippen LogP contribution in [0.4, 0.5) is 33.4 Å². The van der Waals surface area contributed by atoms with E-state index in [9.17, 15) is 4.79 Å². The van der Waals surface area contributed by atoms with Crippen LogP contribution in [0.5, 0.6) is 0 Å². The van der Waals surface area contributed by atoms with Gasteiger partial charge in [-0.05, 0) is 93.6 Å². The summed E-state index contributed by atoms with van der Waals surface area (Å²) in [6.07, 6.45) is 4.60. The zero-order valence-electron chi connectivity index (χ0n) is 21.3. The topological polar surface area (TPSA) is 123 Å². The number of hydrogen-bond acceptors (Lipinski definition) is 8. The molecular weight excluding hydrogens is 480 g/mol. The lowest BCUT2D eigenvalue weighted by atomic mass is 10.2. The summed E-state index contributed by atoms with van der Waals surface area (Å²) in [5.74, 6) is 0.559. The summed E-state index contributed by atoms with van der Waals surface area (Å²) in [5.41, 5.74) is 13.6. The average molecular weight is 509 g/mol. The van der Waals surface area contributed by atoms with Gasteiger partial charge in [0.1, 0.15) is 17.4 Å². The average Bonchev–Trinajstić information content (AvgIpc) is 3.33. The van der Waals surface area contributed by atoms with Gasteiger partial charge in [-0.3, -0.25) is 9.99 Å². The van der Waals surface area contributed by atoms with E-state index < -0.39 is 11.7 Å². The van der Waals surface area contributed by atoms with E-state index in [4.69, 9.17) is 10.5 Å². The third-order valence-electron chi connectivity index (χ3n) is 5.50. The third kappa shape index (κ3) is 5.49. The Morgan fingerprint density at radius 3 is 2.29 bits per heavy atom. The zero-order chi connectivity index (χ0) is 26.7. The lowest BCUT2D eigenvalue weighted by Crippen LogP contribution is -2.40.